The van der Waals surface area contributed by atoms with E-state index in [1.54, 1.807) is 25.3 Å². The van der Waals surface area contributed by atoms with Crippen molar-refractivity contribution in [2.24, 2.45) is 0 Å². The number of carbonyl (C=O) groups excluding carboxylic acids is 1. The highest BCUT2D eigenvalue weighted by Gasteiger charge is 2.21. The van der Waals surface area contributed by atoms with Crippen molar-refractivity contribution in [3.05, 3.63) is 45.9 Å². The number of anilines is 2. The maximum atomic E-state index is 12.4. The lowest BCUT2D eigenvalue weighted by atomic mass is 10.2. The number of piperazine rings is 1. The number of aromatic nitrogens is 3. The summed E-state index contributed by atoms with van der Waals surface area (Å²) < 4.78 is 0. The smallest absolute Gasteiger partial charge is 0.267 e. The Kier molecular flexibility index (Phi) is 6.22. The molecule has 1 aliphatic rings. The molecule has 3 heterocycles. The SMILES string of the molecule is Cc1cc(NCCCC(=O)N2CCN(c3ccc(C#N)cn3)CC2)n[nH]c1=O. The third-order valence-corrected chi connectivity index (χ3v) is 4.70. The first kappa shape index (κ1) is 19.4. The van der Waals surface area contributed by atoms with Crippen LogP contribution in [-0.4, -0.2) is 58.7 Å². The predicted molar refractivity (Wildman–Crippen MR) is 105 cm³/mol. The topological polar surface area (TPSA) is 118 Å². The predicted octanol–water partition coefficient (Wildman–Crippen LogP) is 0.886. The highest BCUT2D eigenvalue weighted by Crippen LogP contribution is 2.14. The first-order chi connectivity index (χ1) is 13.6. The largest absolute Gasteiger partial charge is 0.369 e. The maximum absolute atomic E-state index is 12.4. The molecule has 2 N–H and O–H groups in total. The standard InChI is InChI=1S/C19H23N7O2/c1-14-11-16(23-24-19(14)28)21-6-2-3-18(27)26-9-7-25(8-10-26)17-5-4-15(12-20)13-22-17/h4-5,11,13H,2-3,6-10H2,1H3,(H,21,23)(H,24,28). The molecule has 146 valence electrons. The van der Waals surface area contributed by atoms with Crippen molar-refractivity contribution >= 4 is 17.5 Å². The highest BCUT2D eigenvalue weighted by atomic mass is 16.2. The van der Waals surface area contributed by atoms with Gasteiger partial charge in [0, 0.05) is 50.9 Å². The summed E-state index contributed by atoms with van der Waals surface area (Å²) in [5.41, 5.74) is 0.942. The minimum absolute atomic E-state index is 0.139. The van der Waals surface area contributed by atoms with Gasteiger partial charge in [0.25, 0.3) is 5.56 Å². The molecule has 1 fully saturated rings. The van der Waals surface area contributed by atoms with E-state index >= 15 is 0 Å². The number of hydrogen-bond acceptors (Lipinski definition) is 7. The zero-order valence-corrected chi connectivity index (χ0v) is 15.8. The van der Waals surface area contributed by atoms with Gasteiger partial charge in [-0.3, -0.25) is 9.59 Å². The van der Waals surface area contributed by atoms with Gasteiger partial charge in [0.1, 0.15) is 17.7 Å². The fourth-order valence-electron chi connectivity index (χ4n) is 3.03. The van der Waals surface area contributed by atoms with Crippen LogP contribution < -0.4 is 15.8 Å². The number of aryl methyl sites for hydroxylation is 1. The van der Waals surface area contributed by atoms with E-state index in [2.05, 4.69) is 31.5 Å². The molecule has 9 nitrogen and oxygen atoms in total. The summed E-state index contributed by atoms with van der Waals surface area (Å²) in [6.45, 7) is 5.11. The van der Waals surface area contributed by atoms with Crippen LogP contribution >= 0.6 is 0 Å². The van der Waals surface area contributed by atoms with Crippen LogP contribution in [0.5, 0.6) is 0 Å². The fourth-order valence-corrected chi connectivity index (χ4v) is 3.03. The van der Waals surface area contributed by atoms with Crippen LogP contribution in [-0.2, 0) is 4.79 Å². The first-order valence-electron chi connectivity index (χ1n) is 9.26. The Bertz CT molecular complexity index is 909. The molecule has 1 saturated heterocycles. The number of nitriles is 1. The van der Waals surface area contributed by atoms with Crippen molar-refractivity contribution in [3.8, 4) is 6.07 Å². The number of H-pyrrole nitrogens is 1. The highest BCUT2D eigenvalue weighted by molar-refractivity contribution is 5.76. The molecule has 0 bridgehead atoms. The molecule has 0 saturated carbocycles. The molecule has 1 amide bonds. The summed E-state index contributed by atoms with van der Waals surface area (Å²) in [6, 6.07) is 7.35. The van der Waals surface area contributed by atoms with Crippen LogP contribution in [0.1, 0.15) is 24.0 Å². The van der Waals surface area contributed by atoms with Crippen molar-refractivity contribution in [1.29, 1.82) is 5.26 Å². The molecule has 2 aromatic rings. The van der Waals surface area contributed by atoms with Crippen LogP contribution in [0, 0.1) is 18.3 Å². The molecule has 0 spiro atoms. The fraction of sp³-hybridized carbons (Fsp3) is 0.421. The number of nitrogens with one attached hydrogen (secondary N) is 2. The minimum Gasteiger partial charge on any atom is -0.369 e. The Hall–Kier alpha value is -3.41. The van der Waals surface area contributed by atoms with E-state index in [9.17, 15) is 9.59 Å². The van der Waals surface area contributed by atoms with Gasteiger partial charge in [-0.05, 0) is 31.5 Å². The van der Waals surface area contributed by atoms with Crippen molar-refractivity contribution in [2.45, 2.75) is 19.8 Å². The summed E-state index contributed by atoms with van der Waals surface area (Å²) in [5, 5.41) is 18.3. The lowest BCUT2D eigenvalue weighted by Crippen LogP contribution is -2.49. The third-order valence-electron chi connectivity index (χ3n) is 4.70. The molecule has 9 heteroatoms. The molecule has 0 aromatic carbocycles. The second kappa shape index (κ2) is 8.99. The number of pyridine rings is 1. The molecular formula is C19H23N7O2. The van der Waals surface area contributed by atoms with E-state index in [4.69, 9.17) is 5.26 Å². The van der Waals surface area contributed by atoms with Gasteiger partial charge in [-0.1, -0.05) is 0 Å². The number of amides is 1. The Morgan fingerprint density at radius 2 is 2.11 bits per heavy atom. The van der Waals surface area contributed by atoms with Crippen LogP contribution in [0.3, 0.4) is 0 Å². The monoisotopic (exact) mass is 381 g/mol. The Labute approximate surface area is 163 Å². The van der Waals surface area contributed by atoms with Crippen molar-refractivity contribution in [3.63, 3.8) is 0 Å². The summed E-state index contributed by atoms with van der Waals surface area (Å²) >= 11 is 0. The van der Waals surface area contributed by atoms with Crippen molar-refractivity contribution < 1.29 is 4.79 Å². The lowest BCUT2D eigenvalue weighted by Gasteiger charge is -2.35. The Morgan fingerprint density at radius 3 is 2.75 bits per heavy atom. The molecule has 3 rings (SSSR count). The van der Waals surface area contributed by atoms with Crippen molar-refractivity contribution in [2.75, 3.05) is 42.9 Å². The number of aromatic amines is 1. The molecular weight excluding hydrogens is 358 g/mol. The van der Waals surface area contributed by atoms with Crippen LogP contribution in [0.25, 0.3) is 0 Å². The van der Waals surface area contributed by atoms with E-state index in [1.165, 1.54) is 0 Å². The summed E-state index contributed by atoms with van der Waals surface area (Å²) in [4.78, 5) is 32.0. The average molecular weight is 381 g/mol. The van der Waals surface area contributed by atoms with Gasteiger partial charge in [0.05, 0.1) is 5.56 Å². The first-order valence-corrected chi connectivity index (χ1v) is 9.26. The van der Waals surface area contributed by atoms with Crippen molar-refractivity contribution in [1.82, 2.24) is 20.1 Å². The molecule has 2 aromatic heterocycles. The van der Waals surface area contributed by atoms with Gasteiger partial charge in [0.15, 0.2) is 0 Å². The van der Waals surface area contributed by atoms with Gasteiger partial charge in [-0.25, -0.2) is 10.1 Å². The Balaban J connectivity index is 1.39. The van der Waals surface area contributed by atoms with E-state index in [0.717, 1.165) is 18.9 Å². The molecule has 0 aliphatic carbocycles. The second-order valence-corrected chi connectivity index (χ2v) is 6.68. The van der Waals surface area contributed by atoms with E-state index in [1.807, 2.05) is 11.0 Å². The summed E-state index contributed by atoms with van der Waals surface area (Å²) in [5.74, 6) is 1.58. The zero-order chi connectivity index (χ0) is 19.9. The average Bonchev–Trinajstić information content (AvgIpc) is 2.73. The second-order valence-electron chi connectivity index (χ2n) is 6.68. The summed E-state index contributed by atoms with van der Waals surface area (Å²) in [6.07, 6.45) is 2.72. The van der Waals surface area contributed by atoms with E-state index in [-0.39, 0.29) is 11.5 Å². The summed E-state index contributed by atoms with van der Waals surface area (Å²) in [7, 11) is 0. The maximum Gasteiger partial charge on any atom is 0.267 e. The molecule has 0 unspecified atom stereocenters. The number of nitrogens with zero attached hydrogens (tertiary/aromatic N) is 5. The van der Waals surface area contributed by atoms with Crippen LogP contribution in [0.4, 0.5) is 11.6 Å². The van der Waals surface area contributed by atoms with Gasteiger partial charge in [0.2, 0.25) is 5.91 Å². The quantitative estimate of drug-likeness (QED) is 0.713. The molecule has 28 heavy (non-hydrogen) atoms. The van der Waals surface area contributed by atoms with Crippen LogP contribution in [0.15, 0.2) is 29.2 Å². The number of carbonyl (C=O) groups is 1. The third kappa shape index (κ3) is 4.85. The number of hydrogen-bond donors (Lipinski definition) is 2. The van der Waals surface area contributed by atoms with Gasteiger partial charge < -0.3 is 15.1 Å². The minimum atomic E-state index is -0.198. The van der Waals surface area contributed by atoms with E-state index < -0.39 is 0 Å². The molecule has 0 atom stereocenters. The van der Waals surface area contributed by atoms with Gasteiger partial charge in [-0.15, -0.1) is 0 Å². The normalized spacial score (nSPS) is 13.9. The van der Waals surface area contributed by atoms with E-state index in [0.29, 0.717) is 49.4 Å². The lowest BCUT2D eigenvalue weighted by molar-refractivity contribution is -0.131. The zero-order valence-electron chi connectivity index (χ0n) is 15.8. The van der Waals surface area contributed by atoms with Gasteiger partial charge in [-0.2, -0.15) is 10.4 Å². The molecule has 1 aliphatic heterocycles. The Morgan fingerprint density at radius 1 is 1.32 bits per heavy atom. The number of rotatable bonds is 6. The van der Waals surface area contributed by atoms with Crippen LogP contribution in [0.2, 0.25) is 0 Å². The molecule has 0 radical (unpaired) electrons. The van der Waals surface area contributed by atoms with Gasteiger partial charge >= 0.3 is 0 Å².